The van der Waals surface area contributed by atoms with Crippen LogP contribution >= 0.6 is 23.2 Å². The van der Waals surface area contributed by atoms with Gasteiger partial charge in [0.25, 0.3) is 0 Å². The number of hydrogen-bond acceptors (Lipinski definition) is 2. The second kappa shape index (κ2) is 5.38. The molecule has 100 valence electrons. The molecule has 0 amide bonds. The fourth-order valence-corrected chi connectivity index (χ4v) is 2.88. The second-order valence-electron chi connectivity index (χ2n) is 5.60. The number of nitrogens with one attached hydrogen (secondary N) is 1. The molecule has 0 saturated heterocycles. The standard InChI is InChI=1S/C14H19Cl2NO/c1-9-5-10(15)13(11(16)6-9)12(18)7-17-8-14(2)3-4-14/h5-6,12,17-18H,3-4,7-8H2,1-2H3. The molecule has 1 saturated carbocycles. The van der Waals surface area contributed by atoms with Crippen LogP contribution in [0.25, 0.3) is 0 Å². The topological polar surface area (TPSA) is 32.3 Å². The SMILES string of the molecule is Cc1cc(Cl)c(C(O)CNCC2(C)CC2)c(Cl)c1. The molecule has 1 aliphatic carbocycles. The van der Waals surface area contributed by atoms with Gasteiger partial charge in [-0.3, -0.25) is 0 Å². The van der Waals surface area contributed by atoms with Crippen LogP contribution in [-0.2, 0) is 0 Å². The zero-order valence-electron chi connectivity index (χ0n) is 10.8. The van der Waals surface area contributed by atoms with Crippen molar-refractivity contribution in [2.75, 3.05) is 13.1 Å². The van der Waals surface area contributed by atoms with E-state index in [-0.39, 0.29) is 0 Å². The Kier molecular flexibility index (Phi) is 4.22. The van der Waals surface area contributed by atoms with Gasteiger partial charge >= 0.3 is 0 Å². The van der Waals surface area contributed by atoms with E-state index in [9.17, 15) is 5.11 Å². The number of aryl methyl sites for hydroxylation is 1. The van der Waals surface area contributed by atoms with Crippen LogP contribution in [-0.4, -0.2) is 18.2 Å². The molecule has 0 radical (unpaired) electrons. The maximum Gasteiger partial charge on any atom is 0.0943 e. The fraction of sp³-hybridized carbons (Fsp3) is 0.571. The molecule has 2 N–H and O–H groups in total. The van der Waals surface area contributed by atoms with Gasteiger partial charge in [-0.2, -0.15) is 0 Å². The average molecular weight is 288 g/mol. The lowest BCUT2D eigenvalue weighted by atomic mass is 10.1. The lowest BCUT2D eigenvalue weighted by Gasteiger charge is -2.17. The minimum absolute atomic E-state index is 0.431. The van der Waals surface area contributed by atoms with Crippen molar-refractivity contribution in [1.82, 2.24) is 5.32 Å². The first kappa shape index (κ1) is 14.1. The van der Waals surface area contributed by atoms with Crippen LogP contribution in [0.15, 0.2) is 12.1 Å². The Hall–Kier alpha value is -0.280. The van der Waals surface area contributed by atoms with Crippen molar-refractivity contribution in [2.24, 2.45) is 5.41 Å². The number of benzene rings is 1. The maximum absolute atomic E-state index is 10.2. The lowest BCUT2D eigenvalue weighted by molar-refractivity contribution is 0.172. The van der Waals surface area contributed by atoms with Crippen LogP contribution in [0.3, 0.4) is 0 Å². The van der Waals surface area contributed by atoms with Gasteiger partial charge in [0.1, 0.15) is 0 Å². The first-order valence-electron chi connectivity index (χ1n) is 6.26. The molecule has 0 bridgehead atoms. The number of hydrogen-bond donors (Lipinski definition) is 2. The Labute approximate surface area is 118 Å². The summed E-state index contributed by atoms with van der Waals surface area (Å²) >= 11 is 12.3. The van der Waals surface area contributed by atoms with Gasteiger partial charge < -0.3 is 10.4 Å². The minimum atomic E-state index is -0.659. The maximum atomic E-state index is 10.2. The predicted molar refractivity (Wildman–Crippen MR) is 76.4 cm³/mol. The van der Waals surface area contributed by atoms with Crippen LogP contribution in [0.2, 0.25) is 10.0 Å². The summed E-state index contributed by atoms with van der Waals surface area (Å²) in [6, 6.07) is 3.66. The molecular formula is C14H19Cl2NO. The highest BCUT2D eigenvalue weighted by Gasteiger charge is 2.36. The van der Waals surface area contributed by atoms with Crippen molar-refractivity contribution in [3.8, 4) is 0 Å². The Bertz CT molecular complexity index is 420. The lowest BCUT2D eigenvalue weighted by Crippen LogP contribution is -2.27. The van der Waals surface area contributed by atoms with Crippen molar-refractivity contribution in [3.63, 3.8) is 0 Å². The Morgan fingerprint density at radius 3 is 2.39 bits per heavy atom. The molecule has 1 aromatic rings. The van der Waals surface area contributed by atoms with E-state index in [1.165, 1.54) is 12.8 Å². The molecule has 1 atom stereocenters. The zero-order chi connectivity index (χ0) is 13.3. The quantitative estimate of drug-likeness (QED) is 0.865. The van der Waals surface area contributed by atoms with E-state index in [0.717, 1.165) is 12.1 Å². The summed E-state index contributed by atoms with van der Waals surface area (Å²) < 4.78 is 0. The van der Waals surface area contributed by atoms with Crippen molar-refractivity contribution in [3.05, 3.63) is 33.3 Å². The second-order valence-corrected chi connectivity index (χ2v) is 6.41. The van der Waals surface area contributed by atoms with Crippen LogP contribution in [0.5, 0.6) is 0 Å². The van der Waals surface area contributed by atoms with Gasteiger partial charge in [-0.05, 0) is 42.9 Å². The molecule has 1 aromatic carbocycles. The van der Waals surface area contributed by atoms with Gasteiger partial charge in [0.2, 0.25) is 0 Å². The van der Waals surface area contributed by atoms with E-state index in [1.807, 2.05) is 19.1 Å². The Morgan fingerprint density at radius 1 is 1.33 bits per heavy atom. The average Bonchev–Trinajstić information content (AvgIpc) is 2.94. The summed E-state index contributed by atoms with van der Waals surface area (Å²) in [4.78, 5) is 0. The molecule has 0 heterocycles. The van der Waals surface area contributed by atoms with Crippen molar-refractivity contribution in [2.45, 2.75) is 32.8 Å². The number of halogens is 2. The summed E-state index contributed by atoms with van der Waals surface area (Å²) in [7, 11) is 0. The molecule has 0 aliphatic heterocycles. The van der Waals surface area contributed by atoms with Gasteiger partial charge in [-0.15, -0.1) is 0 Å². The third-order valence-corrected chi connectivity index (χ3v) is 4.18. The molecule has 2 rings (SSSR count). The molecule has 1 unspecified atom stereocenters. The molecule has 0 spiro atoms. The molecule has 4 heteroatoms. The van der Waals surface area contributed by atoms with E-state index in [0.29, 0.717) is 27.6 Å². The summed E-state index contributed by atoms with van der Waals surface area (Å²) in [6.45, 7) is 5.60. The number of rotatable bonds is 5. The first-order valence-corrected chi connectivity index (χ1v) is 7.01. The van der Waals surface area contributed by atoms with Gasteiger partial charge in [0, 0.05) is 28.7 Å². The van der Waals surface area contributed by atoms with E-state index in [4.69, 9.17) is 23.2 Å². The number of aliphatic hydroxyl groups is 1. The van der Waals surface area contributed by atoms with E-state index < -0.39 is 6.10 Å². The summed E-state index contributed by atoms with van der Waals surface area (Å²) in [5.41, 5.74) is 2.05. The van der Waals surface area contributed by atoms with Crippen LogP contribution in [0.1, 0.15) is 37.0 Å². The largest absolute Gasteiger partial charge is 0.387 e. The normalized spacial score (nSPS) is 18.7. The fourth-order valence-electron chi connectivity index (χ4n) is 2.03. The van der Waals surface area contributed by atoms with E-state index in [2.05, 4.69) is 12.2 Å². The predicted octanol–water partition coefficient (Wildman–Crippen LogP) is 3.72. The highest BCUT2D eigenvalue weighted by molar-refractivity contribution is 6.36. The van der Waals surface area contributed by atoms with Gasteiger partial charge in [0.05, 0.1) is 6.10 Å². The van der Waals surface area contributed by atoms with Crippen LogP contribution in [0.4, 0.5) is 0 Å². The summed E-state index contributed by atoms with van der Waals surface area (Å²) in [6.07, 6.45) is 1.87. The van der Waals surface area contributed by atoms with Gasteiger partial charge in [-0.1, -0.05) is 30.1 Å². The first-order chi connectivity index (χ1) is 8.41. The van der Waals surface area contributed by atoms with Crippen molar-refractivity contribution < 1.29 is 5.11 Å². The highest BCUT2D eigenvalue weighted by atomic mass is 35.5. The molecular weight excluding hydrogens is 269 g/mol. The molecule has 2 nitrogen and oxygen atoms in total. The number of aliphatic hydroxyl groups excluding tert-OH is 1. The third kappa shape index (κ3) is 3.39. The van der Waals surface area contributed by atoms with Crippen LogP contribution < -0.4 is 5.32 Å². The summed E-state index contributed by atoms with van der Waals surface area (Å²) in [5, 5.41) is 14.5. The van der Waals surface area contributed by atoms with Crippen LogP contribution in [0, 0.1) is 12.3 Å². The van der Waals surface area contributed by atoms with Gasteiger partial charge in [0.15, 0.2) is 0 Å². The molecule has 0 aromatic heterocycles. The smallest absolute Gasteiger partial charge is 0.0943 e. The zero-order valence-corrected chi connectivity index (χ0v) is 12.3. The highest BCUT2D eigenvalue weighted by Crippen LogP contribution is 2.44. The molecule has 18 heavy (non-hydrogen) atoms. The molecule has 1 aliphatic rings. The Morgan fingerprint density at radius 2 is 1.89 bits per heavy atom. The van der Waals surface area contributed by atoms with E-state index >= 15 is 0 Å². The Balaban J connectivity index is 1.97. The monoisotopic (exact) mass is 287 g/mol. The minimum Gasteiger partial charge on any atom is -0.387 e. The molecule has 1 fully saturated rings. The third-order valence-electron chi connectivity index (χ3n) is 3.55. The van der Waals surface area contributed by atoms with E-state index in [1.54, 1.807) is 0 Å². The van der Waals surface area contributed by atoms with Gasteiger partial charge in [-0.25, -0.2) is 0 Å². The van der Waals surface area contributed by atoms with Crippen molar-refractivity contribution in [1.29, 1.82) is 0 Å². The van der Waals surface area contributed by atoms with Crippen molar-refractivity contribution >= 4 is 23.2 Å². The summed E-state index contributed by atoms with van der Waals surface area (Å²) in [5.74, 6) is 0.